The molecule has 1 unspecified atom stereocenters. The number of esters is 1. The van der Waals surface area contributed by atoms with Crippen molar-refractivity contribution in [2.24, 2.45) is 0 Å². The van der Waals surface area contributed by atoms with Gasteiger partial charge in [-0.25, -0.2) is 4.79 Å². The van der Waals surface area contributed by atoms with Crippen molar-refractivity contribution in [1.82, 2.24) is 9.88 Å². The minimum Gasteiger partial charge on any atom is -0.449 e. The Morgan fingerprint density at radius 1 is 1.03 bits per heavy atom. The summed E-state index contributed by atoms with van der Waals surface area (Å²) in [6.45, 7) is 3.95. The minimum atomic E-state index is -1.01. The maximum atomic E-state index is 13.7. The average Bonchev–Trinajstić information content (AvgIpc) is 2.93. The molecule has 3 aromatic carbocycles. The van der Waals surface area contributed by atoms with Crippen molar-refractivity contribution in [2.45, 2.75) is 39.0 Å². The van der Waals surface area contributed by atoms with Crippen molar-refractivity contribution in [2.75, 3.05) is 11.9 Å². The van der Waals surface area contributed by atoms with E-state index in [0.29, 0.717) is 34.6 Å². The van der Waals surface area contributed by atoms with E-state index in [2.05, 4.69) is 22.3 Å². The van der Waals surface area contributed by atoms with E-state index in [1.165, 1.54) is 5.56 Å². The van der Waals surface area contributed by atoms with Gasteiger partial charge in [0.15, 0.2) is 6.10 Å². The zero-order valence-electron chi connectivity index (χ0n) is 20.9. The summed E-state index contributed by atoms with van der Waals surface area (Å²) in [5, 5.41) is 4.01. The Bertz CT molecular complexity index is 1490. The number of hydrogen-bond acceptors (Lipinski definition) is 5. The number of nitrogens with zero attached hydrogens (tertiary/aromatic N) is 2. The molecule has 194 valence electrons. The molecule has 0 bridgehead atoms. The van der Waals surface area contributed by atoms with Gasteiger partial charge in [0.05, 0.1) is 26.8 Å². The quantitative estimate of drug-likeness (QED) is 0.261. The number of halogens is 2. The molecule has 0 aliphatic carbocycles. The van der Waals surface area contributed by atoms with E-state index in [1.54, 1.807) is 25.1 Å². The van der Waals surface area contributed by atoms with Crippen LogP contribution in [0.4, 0.5) is 5.69 Å². The summed E-state index contributed by atoms with van der Waals surface area (Å²) in [4.78, 5) is 34.0. The van der Waals surface area contributed by atoms with Gasteiger partial charge in [0, 0.05) is 42.7 Å². The van der Waals surface area contributed by atoms with Gasteiger partial charge in [-0.15, -0.1) is 0 Å². The van der Waals surface area contributed by atoms with Crippen LogP contribution in [0.5, 0.6) is 0 Å². The Labute approximate surface area is 231 Å². The number of aromatic nitrogens is 1. The van der Waals surface area contributed by atoms with Crippen LogP contribution in [0, 0.1) is 0 Å². The van der Waals surface area contributed by atoms with Crippen LogP contribution in [0.15, 0.2) is 72.8 Å². The van der Waals surface area contributed by atoms with E-state index in [9.17, 15) is 9.59 Å². The lowest BCUT2D eigenvalue weighted by atomic mass is 9.95. The van der Waals surface area contributed by atoms with E-state index in [0.717, 1.165) is 36.3 Å². The van der Waals surface area contributed by atoms with Crippen molar-refractivity contribution in [1.29, 1.82) is 0 Å². The van der Waals surface area contributed by atoms with Crippen LogP contribution in [-0.2, 0) is 29.0 Å². The number of ether oxygens (including phenoxy) is 1. The highest BCUT2D eigenvalue weighted by Crippen LogP contribution is 2.31. The van der Waals surface area contributed by atoms with E-state index in [-0.39, 0.29) is 5.02 Å². The van der Waals surface area contributed by atoms with Gasteiger partial charge in [-0.3, -0.25) is 14.7 Å². The molecule has 1 amide bonds. The minimum absolute atomic E-state index is 0.233. The average molecular weight is 548 g/mol. The molecule has 1 aliphatic rings. The summed E-state index contributed by atoms with van der Waals surface area (Å²) < 4.78 is 5.84. The fourth-order valence-electron chi connectivity index (χ4n) is 4.78. The third-order valence-electron chi connectivity index (χ3n) is 6.70. The second-order valence-electron chi connectivity index (χ2n) is 9.27. The number of pyridine rings is 1. The summed E-state index contributed by atoms with van der Waals surface area (Å²) in [7, 11) is 0. The molecule has 2 heterocycles. The van der Waals surface area contributed by atoms with Gasteiger partial charge in [0.25, 0.3) is 5.91 Å². The third kappa shape index (κ3) is 5.53. The smallest absolute Gasteiger partial charge is 0.340 e. The topological polar surface area (TPSA) is 71.5 Å². The first kappa shape index (κ1) is 26.2. The van der Waals surface area contributed by atoms with Gasteiger partial charge in [0.2, 0.25) is 0 Å². The fourth-order valence-corrected chi connectivity index (χ4v) is 5.13. The van der Waals surface area contributed by atoms with E-state index < -0.39 is 18.0 Å². The summed E-state index contributed by atoms with van der Waals surface area (Å²) >= 11 is 12.3. The Morgan fingerprint density at radius 2 is 1.79 bits per heavy atom. The van der Waals surface area contributed by atoms with Crippen LogP contribution >= 0.6 is 23.2 Å². The van der Waals surface area contributed by atoms with Crippen molar-refractivity contribution in [3.05, 3.63) is 105 Å². The number of benzene rings is 3. The first-order valence-electron chi connectivity index (χ1n) is 12.6. The molecule has 0 saturated carbocycles. The zero-order valence-corrected chi connectivity index (χ0v) is 22.4. The number of carbonyl (C=O) groups excluding carboxylic acids is 2. The number of amides is 1. The molecule has 5 rings (SSSR count). The predicted molar refractivity (Wildman–Crippen MR) is 151 cm³/mol. The van der Waals surface area contributed by atoms with Crippen LogP contribution in [0.1, 0.15) is 40.5 Å². The molecule has 0 fully saturated rings. The van der Waals surface area contributed by atoms with Crippen LogP contribution in [-0.4, -0.2) is 34.4 Å². The zero-order chi connectivity index (χ0) is 26.6. The molecule has 0 radical (unpaired) electrons. The molecule has 0 saturated heterocycles. The number of fused-ring (bicyclic) bond motifs is 2. The number of rotatable bonds is 7. The number of nitrogens with one attached hydrogen (secondary N) is 1. The van der Waals surface area contributed by atoms with Crippen molar-refractivity contribution in [3.8, 4) is 0 Å². The molecule has 0 spiro atoms. The number of anilines is 1. The largest absolute Gasteiger partial charge is 0.449 e. The standard InChI is InChI=1S/C30H27Cl2N3O3/c1-2-26(29(36)34-25-14-8-12-22(31)28(25)32)38-30(37)27-20-11-6-7-13-23(20)33-24-15-16-35(18-21(24)27)17-19-9-4-3-5-10-19/h3-14,26H,2,15-18H2,1H3,(H,34,36). The van der Waals surface area contributed by atoms with Crippen molar-refractivity contribution >= 4 is 51.7 Å². The SMILES string of the molecule is CCC(OC(=O)c1c2c(nc3ccccc13)CCN(Cc1ccccc1)C2)C(=O)Nc1cccc(Cl)c1Cl. The van der Waals surface area contributed by atoms with Crippen molar-refractivity contribution in [3.63, 3.8) is 0 Å². The van der Waals surface area contributed by atoms with Crippen molar-refractivity contribution < 1.29 is 14.3 Å². The molecule has 1 N–H and O–H groups in total. The normalized spacial score (nSPS) is 14.1. The summed E-state index contributed by atoms with van der Waals surface area (Å²) in [6.07, 6.45) is 0.00317. The predicted octanol–water partition coefficient (Wildman–Crippen LogP) is 6.67. The van der Waals surface area contributed by atoms with Gasteiger partial charge in [-0.05, 0) is 30.2 Å². The van der Waals surface area contributed by atoms with E-state index >= 15 is 0 Å². The highest BCUT2D eigenvalue weighted by molar-refractivity contribution is 6.44. The molecule has 1 aromatic heterocycles. The van der Waals surface area contributed by atoms with E-state index in [1.807, 2.05) is 42.5 Å². The first-order chi connectivity index (χ1) is 18.4. The Kier molecular flexibility index (Phi) is 7.93. The molecule has 1 atom stereocenters. The lowest BCUT2D eigenvalue weighted by molar-refractivity contribution is -0.124. The molecule has 38 heavy (non-hydrogen) atoms. The summed E-state index contributed by atoms with van der Waals surface area (Å²) in [6, 6.07) is 22.8. The number of para-hydroxylation sites is 1. The second kappa shape index (κ2) is 11.5. The van der Waals surface area contributed by atoms with Gasteiger partial charge in [-0.1, -0.05) is 84.7 Å². The van der Waals surface area contributed by atoms with Crippen LogP contribution in [0.25, 0.3) is 10.9 Å². The molecule has 1 aliphatic heterocycles. The van der Waals surface area contributed by atoms with Crippen LogP contribution < -0.4 is 5.32 Å². The Balaban J connectivity index is 1.43. The highest BCUT2D eigenvalue weighted by Gasteiger charge is 2.30. The lowest BCUT2D eigenvalue weighted by Gasteiger charge is -2.30. The van der Waals surface area contributed by atoms with Gasteiger partial charge in [-0.2, -0.15) is 0 Å². The van der Waals surface area contributed by atoms with Crippen LogP contribution in [0.2, 0.25) is 10.0 Å². The molecule has 4 aromatic rings. The third-order valence-corrected chi connectivity index (χ3v) is 7.52. The molecular formula is C30H27Cl2N3O3. The number of hydrogen-bond donors (Lipinski definition) is 1. The Morgan fingerprint density at radius 3 is 2.58 bits per heavy atom. The maximum Gasteiger partial charge on any atom is 0.340 e. The van der Waals surface area contributed by atoms with Gasteiger partial charge >= 0.3 is 5.97 Å². The highest BCUT2D eigenvalue weighted by atomic mass is 35.5. The monoisotopic (exact) mass is 547 g/mol. The van der Waals surface area contributed by atoms with Gasteiger partial charge in [0.1, 0.15) is 0 Å². The second-order valence-corrected chi connectivity index (χ2v) is 10.1. The first-order valence-corrected chi connectivity index (χ1v) is 13.3. The molecule has 6 nitrogen and oxygen atoms in total. The summed E-state index contributed by atoms with van der Waals surface area (Å²) in [5.41, 5.74) is 4.51. The van der Waals surface area contributed by atoms with Crippen LogP contribution in [0.3, 0.4) is 0 Å². The molecule has 8 heteroatoms. The number of carbonyl (C=O) groups is 2. The van der Waals surface area contributed by atoms with E-state index in [4.69, 9.17) is 32.9 Å². The maximum absolute atomic E-state index is 13.7. The lowest BCUT2D eigenvalue weighted by Crippen LogP contribution is -2.35. The Hall–Kier alpha value is -3.45. The molecular weight excluding hydrogens is 521 g/mol. The summed E-state index contributed by atoms with van der Waals surface area (Å²) in [5.74, 6) is -1.01. The fraction of sp³-hybridized carbons (Fsp3) is 0.233. The van der Waals surface area contributed by atoms with Gasteiger partial charge < -0.3 is 10.1 Å².